The number of amides is 1. The molecule has 2 rings (SSSR count). The average molecular weight is 257 g/mol. The van der Waals surface area contributed by atoms with Crippen LogP contribution in [0.15, 0.2) is 55.6 Å². The first-order chi connectivity index (χ1) is 9.20. The van der Waals surface area contributed by atoms with Crippen molar-refractivity contribution in [1.29, 1.82) is 0 Å². The molecule has 0 saturated carbocycles. The van der Waals surface area contributed by atoms with Gasteiger partial charge in [0.25, 0.3) is 0 Å². The van der Waals surface area contributed by atoms with E-state index in [2.05, 4.69) is 30.6 Å². The molecule has 3 nitrogen and oxygen atoms in total. The summed E-state index contributed by atoms with van der Waals surface area (Å²) in [7, 11) is 0. The summed E-state index contributed by atoms with van der Waals surface area (Å²) in [5, 5.41) is 2.91. The van der Waals surface area contributed by atoms with Gasteiger partial charge in [-0.3, -0.25) is 0 Å². The van der Waals surface area contributed by atoms with E-state index in [1.54, 1.807) is 12.2 Å². The fraction of sp³-hybridized carbons (Fsp3) is 0.312. The molecule has 1 fully saturated rings. The van der Waals surface area contributed by atoms with Gasteiger partial charge in [-0.2, -0.15) is 0 Å². The third-order valence-electron chi connectivity index (χ3n) is 3.49. The van der Waals surface area contributed by atoms with E-state index in [0.717, 1.165) is 6.42 Å². The van der Waals surface area contributed by atoms with E-state index in [1.807, 2.05) is 18.2 Å². The van der Waals surface area contributed by atoms with E-state index < -0.39 is 5.60 Å². The van der Waals surface area contributed by atoms with E-state index in [4.69, 9.17) is 4.74 Å². The normalized spacial score (nSPS) is 20.4. The number of ether oxygens (including phenoxy) is 1. The highest BCUT2D eigenvalue weighted by molar-refractivity contribution is 5.71. The highest BCUT2D eigenvalue weighted by Gasteiger charge is 2.47. The molecule has 1 aromatic rings. The SMILES string of the molecule is C=CCC1(CC=C)OC(=O)NC1Cc1ccccc1. The maximum absolute atomic E-state index is 11.6. The minimum absolute atomic E-state index is 0.0570. The van der Waals surface area contributed by atoms with Gasteiger partial charge in [0.15, 0.2) is 0 Å². The molecule has 1 saturated heterocycles. The molecule has 3 heteroatoms. The fourth-order valence-corrected chi connectivity index (χ4v) is 2.59. The standard InChI is InChI=1S/C16H19NO2/c1-3-10-16(11-4-2)14(17-15(18)19-16)12-13-8-6-5-7-9-13/h3-9,14H,1-2,10-12H2,(H,17,18). The van der Waals surface area contributed by atoms with Crippen molar-refractivity contribution < 1.29 is 9.53 Å². The number of alkyl carbamates (subject to hydrolysis) is 1. The van der Waals surface area contributed by atoms with Crippen LogP contribution in [0.4, 0.5) is 4.79 Å². The molecular weight excluding hydrogens is 238 g/mol. The third-order valence-corrected chi connectivity index (χ3v) is 3.49. The third kappa shape index (κ3) is 2.87. The molecule has 1 amide bonds. The minimum atomic E-state index is -0.559. The van der Waals surface area contributed by atoms with Gasteiger partial charge < -0.3 is 10.1 Å². The van der Waals surface area contributed by atoms with Crippen LogP contribution in [0.3, 0.4) is 0 Å². The molecule has 0 spiro atoms. The van der Waals surface area contributed by atoms with Gasteiger partial charge in [-0.25, -0.2) is 4.79 Å². The zero-order chi connectivity index (χ0) is 13.7. The van der Waals surface area contributed by atoms with E-state index in [9.17, 15) is 4.79 Å². The van der Waals surface area contributed by atoms with Gasteiger partial charge in [0.1, 0.15) is 5.60 Å². The van der Waals surface area contributed by atoms with Crippen LogP contribution in [0.5, 0.6) is 0 Å². The lowest BCUT2D eigenvalue weighted by atomic mass is 9.84. The van der Waals surface area contributed by atoms with Crippen LogP contribution >= 0.6 is 0 Å². The number of rotatable bonds is 6. The van der Waals surface area contributed by atoms with Gasteiger partial charge in [-0.05, 0) is 12.0 Å². The molecule has 1 aliphatic rings. The van der Waals surface area contributed by atoms with Crippen LogP contribution < -0.4 is 5.32 Å². The van der Waals surface area contributed by atoms with Crippen molar-refractivity contribution in [2.75, 3.05) is 0 Å². The number of hydrogen-bond acceptors (Lipinski definition) is 2. The van der Waals surface area contributed by atoms with Crippen LogP contribution in [0.25, 0.3) is 0 Å². The van der Waals surface area contributed by atoms with Gasteiger partial charge >= 0.3 is 6.09 Å². The van der Waals surface area contributed by atoms with Gasteiger partial charge in [0.2, 0.25) is 0 Å². The lowest BCUT2D eigenvalue weighted by Crippen LogP contribution is -2.44. The van der Waals surface area contributed by atoms with Gasteiger partial charge in [-0.15, -0.1) is 13.2 Å². The Morgan fingerprint density at radius 3 is 2.42 bits per heavy atom. The zero-order valence-electron chi connectivity index (χ0n) is 11.0. The molecule has 0 bridgehead atoms. The Bertz CT molecular complexity index is 457. The summed E-state index contributed by atoms with van der Waals surface area (Å²) in [4.78, 5) is 11.6. The first-order valence-corrected chi connectivity index (χ1v) is 6.45. The number of carbonyl (C=O) groups is 1. The molecule has 1 atom stereocenters. The Morgan fingerprint density at radius 2 is 1.84 bits per heavy atom. The monoisotopic (exact) mass is 257 g/mol. The van der Waals surface area contributed by atoms with Crippen LogP contribution in [0.1, 0.15) is 18.4 Å². The number of cyclic esters (lactones) is 1. The minimum Gasteiger partial charge on any atom is -0.440 e. The predicted molar refractivity (Wildman–Crippen MR) is 75.9 cm³/mol. The lowest BCUT2D eigenvalue weighted by molar-refractivity contribution is 0.0410. The van der Waals surface area contributed by atoms with Crippen LogP contribution in [0, 0.1) is 0 Å². The maximum Gasteiger partial charge on any atom is 0.408 e. The van der Waals surface area contributed by atoms with Crippen molar-refractivity contribution in [1.82, 2.24) is 5.32 Å². The molecule has 100 valence electrons. The zero-order valence-corrected chi connectivity index (χ0v) is 11.0. The van der Waals surface area contributed by atoms with Crippen LogP contribution in [-0.2, 0) is 11.2 Å². The van der Waals surface area contributed by atoms with Crippen molar-refractivity contribution in [2.45, 2.75) is 30.9 Å². The van der Waals surface area contributed by atoms with Crippen molar-refractivity contribution in [3.8, 4) is 0 Å². The predicted octanol–water partition coefficient (Wildman–Crippen LogP) is 3.23. The molecule has 1 aromatic carbocycles. The fourth-order valence-electron chi connectivity index (χ4n) is 2.59. The number of hydrogen-bond donors (Lipinski definition) is 1. The van der Waals surface area contributed by atoms with Crippen LogP contribution in [-0.4, -0.2) is 17.7 Å². The Hall–Kier alpha value is -2.03. The first kappa shape index (κ1) is 13.4. The molecular formula is C16H19NO2. The number of nitrogens with one attached hydrogen (secondary N) is 1. The number of carbonyl (C=O) groups excluding carboxylic acids is 1. The van der Waals surface area contributed by atoms with Crippen molar-refractivity contribution >= 4 is 6.09 Å². The largest absolute Gasteiger partial charge is 0.440 e. The molecule has 1 heterocycles. The van der Waals surface area contributed by atoms with Crippen molar-refractivity contribution in [2.24, 2.45) is 0 Å². The summed E-state index contributed by atoms with van der Waals surface area (Å²) in [6.07, 6.45) is 5.21. The smallest absolute Gasteiger partial charge is 0.408 e. The molecule has 1 aliphatic heterocycles. The summed E-state index contributed by atoms with van der Waals surface area (Å²) in [5.74, 6) is 0. The summed E-state index contributed by atoms with van der Waals surface area (Å²) in [6, 6.07) is 10.0. The highest BCUT2D eigenvalue weighted by atomic mass is 16.6. The first-order valence-electron chi connectivity index (χ1n) is 6.45. The molecule has 1 unspecified atom stereocenters. The van der Waals surface area contributed by atoms with Crippen molar-refractivity contribution in [3.05, 3.63) is 61.2 Å². The van der Waals surface area contributed by atoms with Crippen molar-refractivity contribution in [3.63, 3.8) is 0 Å². The van der Waals surface area contributed by atoms with Gasteiger partial charge in [0.05, 0.1) is 6.04 Å². The van der Waals surface area contributed by atoms with Crippen LogP contribution in [0.2, 0.25) is 0 Å². The summed E-state index contributed by atoms with van der Waals surface area (Å²) in [6.45, 7) is 7.53. The second-order valence-electron chi connectivity index (χ2n) is 4.83. The van der Waals surface area contributed by atoms with E-state index in [0.29, 0.717) is 12.8 Å². The molecule has 0 aromatic heterocycles. The second kappa shape index (κ2) is 5.74. The summed E-state index contributed by atoms with van der Waals surface area (Å²) >= 11 is 0. The quantitative estimate of drug-likeness (QED) is 0.795. The molecule has 0 aliphatic carbocycles. The lowest BCUT2D eigenvalue weighted by Gasteiger charge is -2.30. The second-order valence-corrected chi connectivity index (χ2v) is 4.83. The maximum atomic E-state index is 11.6. The van der Waals surface area contributed by atoms with E-state index in [1.165, 1.54) is 5.56 Å². The number of benzene rings is 1. The average Bonchev–Trinajstić information content (AvgIpc) is 2.68. The van der Waals surface area contributed by atoms with E-state index in [-0.39, 0.29) is 12.1 Å². The van der Waals surface area contributed by atoms with E-state index >= 15 is 0 Å². The Kier molecular flexibility index (Phi) is 4.05. The molecule has 1 N–H and O–H groups in total. The van der Waals surface area contributed by atoms with Gasteiger partial charge in [0, 0.05) is 12.8 Å². The Balaban J connectivity index is 2.22. The molecule has 19 heavy (non-hydrogen) atoms. The Morgan fingerprint density at radius 1 is 1.21 bits per heavy atom. The van der Waals surface area contributed by atoms with Gasteiger partial charge in [-0.1, -0.05) is 42.5 Å². The topological polar surface area (TPSA) is 38.3 Å². The summed E-state index contributed by atoms with van der Waals surface area (Å²) in [5.41, 5.74) is 0.618. The summed E-state index contributed by atoms with van der Waals surface area (Å²) < 4.78 is 5.52. The Labute approximate surface area is 114 Å². The highest BCUT2D eigenvalue weighted by Crippen LogP contribution is 2.32. The molecule has 0 radical (unpaired) electrons.